The molecular weight excluding hydrogens is 421 g/mol. The molecule has 0 spiro atoms. The molecule has 0 aliphatic rings. The molecule has 1 rings (SSSR count). The highest BCUT2D eigenvalue weighted by Crippen LogP contribution is 2.09. The molecule has 6 heteroatoms. The molecule has 0 atom stereocenters. The smallest absolute Gasteiger partial charge is 0.193 e. The van der Waals surface area contributed by atoms with Gasteiger partial charge in [-0.2, -0.15) is 0 Å². The maximum absolute atomic E-state index is 5.57. The first kappa shape index (κ1) is 22.7. The summed E-state index contributed by atoms with van der Waals surface area (Å²) in [5.41, 5.74) is 0. The predicted molar refractivity (Wildman–Crippen MR) is 112 cm³/mol. The molecule has 0 amide bonds. The van der Waals surface area contributed by atoms with Gasteiger partial charge >= 0.3 is 0 Å². The van der Waals surface area contributed by atoms with E-state index in [0.717, 1.165) is 58.1 Å². The minimum absolute atomic E-state index is 0. The number of hydrogen-bond donors (Lipinski definition) is 1. The highest BCUT2D eigenvalue weighted by molar-refractivity contribution is 14.0. The average Bonchev–Trinajstić information content (AvgIpc) is 3.04. The van der Waals surface area contributed by atoms with Gasteiger partial charge in [0.05, 0.1) is 0 Å². The van der Waals surface area contributed by atoms with E-state index in [1.165, 1.54) is 11.3 Å². The minimum atomic E-state index is 0. The number of likely N-dealkylation sites (N-methyl/N-ethyl adjacent to an activating group) is 1. The first-order valence-electron chi connectivity index (χ1n) is 8.37. The van der Waals surface area contributed by atoms with Gasteiger partial charge in [-0.1, -0.05) is 19.4 Å². The van der Waals surface area contributed by atoms with Crippen molar-refractivity contribution in [2.45, 2.75) is 39.5 Å². The number of thiophene rings is 1. The van der Waals surface area contributed by atoms with E-state index in [-0.39, 0.29) is 24.0 Å². The molecule has 0 bridgehead atoms. The van der Waals surface area contributed by atoms with Crippen LogP contribution in [0.1, 0.15) is 38.0 Å². The molecule has 0 radical (unpaired) electrons. The fraction of sp³-hybridized carbons (Fsp3) is 0.706. The first-order chi connectivity index (χ1) is 10.8. The van der Waals surface area contributed by atoms with Gasteiger partial charge in [0.15, 0.2) is 5.96 Å². The maximum Gasteiger partial charge on any atom is 0.193 e. The van der Waals surface area contributed by atoms with Gasteiger partial charge < -0.3 is 15.0 Å². The number of nitrogens with one attached hydrogen (secondary N) is 1. The Morgan fingerprint density at radius 2 is 2.09 bits per heavy atom. The van der Waals surface area contributed by atoms with E-state index >= 15 is 0 Å². The van der Waals surface area contributed by atoms with Crippen LogP contribution in [0.2, 0.25) is 0 Å². The van der Waals surface area contributed by atoms with Crippen LogP contribution >= 0.6 is 35.3 Å². The molecule has 1 heterocycles. The standard InChI is InChI=1S/C17H31N3OS.HI/c1-4-6-13-21-14-8-11-19-17(18-5-2)20(3)12-10-16-9-7-15-22-16;/h7,9,15H,4-6,8,10-14H2,1-3H3,(H,18,19);1H. The molecule has 0 saturated carbocycles. The van der Waals surface area contributed by atoms with Crippen LogP contribution in [0.3, 0.4) is 0 Å². The van der Waals surface area contributed by atoms with Crippen LogP contribution in [0, 0.1) is 0 Å². The molecule has 0 aromatic carbocycles. The van der Waals surface area contributed by atoms with Gasteiger partial charge in [0.1, 0.15) is 0 Å². The number of rotatable bonds is 11. The summed E-state index contributed by atoms with van der Waals surface area (Å²) >= 11 is 1.82. The van der Waals surface area contributed by atoms with Crippen LogP contribution in [0.15, 0.2) is 22.5 Å². The number of unbranched alkanes of at least 4 members (excludes halogenated alkanes) is 1. The van der Waals surface area contributed by atoms with E-state index in [0.29, 0.717) is 0 Å². The summed E-state index contributed by atoms with van der Waals surface area (Å²) in [6, 6.07) is 4.30. The van der Waals surface area contributed by atoms with Gasteiger partial charge in [-0.3, -0.25) is 4.99 Å². The van der Waals surface area contributed by atoms with E-state index in [2.05, 4.69) is 53.6 Å². The third kappa shape index (κ3) is 10.9. The van der Waals surface area contributed by atoms with Crippen LogP contribution in [-0.2, 0) is 11.2 Å². The molecule has 1 aromatic rings. The molecule has 0 fully saturated rings. The Balaban J connectivity index is 0.00000484. The lowest BCUT2D eigenvalue weighted by molar-refractivity contribution is 0.130. The van der Waals surface area contributed by atoms with E-state index in [4.69, 9.17) is 4.74 Å². The Kier molecular flexibility index (Phi) is 15.0. The Morgan fingerprint density at radius 1 is 1.30 bits per heavy atom. The summed E-state index contributed by atoms with van der Waals surface area (Å²) in [6.45, 7) is 8.67. The monoisotopic (exact) mass is 453 g/mol. The Morgan fingerprint density at radius 3 is 2.74 bits per heavy atom. The topological polar surface area (TPSA) is 36.9 Å². The van der Waals surface area contributed by atoms with Crippen molar-refractivity contribution in [2.75, 3.05) is 39.9 Å². The van der Waals surface area contributed by atoms with Gasteiger partial charge in [0, 0.05) is 44.8 Å². The molecular formula is C17H32IN3OS. The summed E-state index contributed by atoms with van der Waals surface area (Å²) in [4.78, 5) is 8.32. The van der Waals surface area contributed by atoms with Crippen molar-refractivity contribution in [2.24, 2.45) is 4.99 Å². The second-order valence-corrected chi connectivity index (χ2v) is 6.34. The van der Waals surface area contributed by atoms with Crippen molar-refractivity contribution in [3.63, 3.8) is 0 Å². The molecule has 23 heavy (non-hydrogen) atoms. The van der Waals surface area contributed by atoms with Gasteiger partial charge in [-0.15, -0.1) is 35.3 Å². The Hall–Kier alpha value is -0.340. The largest absolute Gasteiger partial charge is 0.381 e. The van der Waals surface area contributed by atoms with Gasteiger partial charge in [0.2, 0.25) is 0 Å². The van der Waals surface area contributed by atoms with Crippen LogP contribution in [0.5, 0.6) is 0 Å². The van der Waals surface area contributed by atoms with Gasteiger partial charge in [0.25, 0.3) is 0 Å². The lowest BCUT2D eigenvalue weighted by Crippen LogP contribution is -2.40. The second-order valence-electron chi connectivity index (χ2n) is 5.31. The number of aliphatic imine (C=N–C) groups is 1. The minimum Gasteiger partial charge on any atom is -0.381 e. The highest BCUT2D eigenvalue weighted by atomic mass is 127. The van der Waals surface area contributed by atoms with E-state index in [1.54, 1.807) is 0 Å². The van der Waals surface area contributed by atoms with Gasteiger partial charge in [-0.25, -0.2) is 0 Å². The summed E-state index contributed by atoms with van der Waals surface area (Å²) < 4.78 is 5.57. The SMILES string of the molecule is CCCCOCCCN=C(NCC)N(C)CCc1cccs1.I. The third-order valence-corrected chi connectivity index (χ3v) is 4.26. The highest BCUT2D eigenvalue weighted by Gasteiger charge is 2.05. The van der Waals surface area contributed by atoms with E-state index < -0.39 is 0 Å². The first-order valence-corrected chi connectivity index (χ1v) is 9.25. The third-order valence-electron chi connectivity index (χ3n) is 3.32. The summed E-state index contributed by atoms with van der Waals surface area (Å²) in [5, 5.41) is 5.49. The molecule has 0 aliphatic heterocycles. The van der Waals surface area contributed by atoms with Crippen molar-refractivity contribution in [1.82, 2.24) is 10.2 Å². The van der Waals surface area contributed by atoms with E-state index in [9.17, 15) is 0 Å². The van der Waals surface area contributed by atoms with Crippen LogP contribution in [0.4, 0.5) is 0 Å². The summed E-state index contributed by atoms with van der Waals surface area (Å²) in [6.07, 6.45) is 4.39. The lowest BCUT2D eigenvalue weighted by atomic mass is 10.3. The average molecular weight is 453 g/mol. The molecule has 0 unspecified atom stereocenters. The fourth-order valence-electron chi connectivity index (χ4n) is 2.01. The van der Waals surface area contributed by atoms with Gasteiger partial charge in [-0.05, 0) is 37.6 Å². The fourth-order valence-corrected chi connectivity index (χ4v) is 2.71. The van der Waals surface area contributed by atoms with Crippen molar-refractivity contribution in [3.8, 4) is 0 Å². The number of guanidine groups is 1. The maximum atomic E-state index is 5.57. The summed E-state index contributed by atoms with van der Waals surface area (Å²) in [5.74, 6) is 0.993. The van der Waals surface area contributed by atoms with Crippen LogP contribution in [0.25, 0.3) is 0 Å². The Labute approximate surface area is 162 Å². The number of halogens is 1. The van der Waals surface area contributed by atoms with Crippen molar-refractivity contribution in [3.05, 3.63) is 22.4 Å². The molecule has 0 saturated heterocycles. The quantitative estimate of drug-likeness (QED) is 0.238. The zero-order valence-electron chi connectivity index (χ0n) is 14.7. The molecule has 1 N–H and O–H groups in total. The van der Waals surface area contributed by atoms with Crippen molar-refractivity contribution in [1.29, 1.82) is 0 Å². The molecule has 0 aliphatic carbocycles. The molecule has 134 valence electrons. The molecule has 1 aromatic heterocycles. The Bertz CT molecular complexity index is 399. The number of ether oxygens (including phenoxy) is 1. The van der Waals surface area contributed by atoms with E-state index in [1.807, 2.05) is 11.3 Å². The number of hydrogen-bond acceptors (Lipinski definition) is 3. The van der Waals surface area contributed by atoms with Crippen molar-refractivity contribution >= 4 is 41.3 Å². The van der Waals surface area contributed by atoms with Crippen molar-refractivity contribution < 1.29 is 4.74 Å². The van der Waals surface area contributed by atoms with Crippen LogP contribution < -0.4 is 5.32 Å². The lowest BCUT2D eigenvalue weighted by Gasteiger charge is -2.21. The summed E-state index contributed by atoms with van der Waals surface area (Å²) in [7, 11) is 2.10. The molecule has 4 nitrogen and oxygen atoms in total. The zero-order chi connectivity index (χ0) is 16.0. The predicted octanol–water partition coefficient (Wildman–Crippen LogP) is 4.01. The second kappa shape index (κ2) is 15.2. The van der Waals surface area contributed by atoms with Crippen LogP contribution in [-0.4, -0.2) is 50.8 Å². The normalized spacial score (nSPS) is 11.2. The zero-order valence-corrected chi connectivity index (χ0v) is 17.9. The number of nitrogens with zero attached hydrogens (tertiary/aromatic N) is 2.